The second-order valence-corrected chi connectivity index (χ2v) is 5.16. The van der Waals surface area contributed by atoms with Gasteiger partial charge in [0.1, 0.15) is 6.10 Å². The molecule has 0 aliphatic heterocycles. The second kappa shape index (κ2) is 6.27. The lowest BCUT2D eigenvalue weighted by atomic mass is 9.67. The van der Waals surface area contributed by atoms with Crippen LogP contribution in [0.2, 0.25) is 0 Å². The Hall–Kier alpha value is -0.530. The average molecular weight is 226 g/mol. The maximum absolute atomic E-state index is 11.2. The van der Waals surface area contributed by atoms with Crippen molar-refractivity contribution in [3.05, 3.63) is 0 Å². The standard InChI is InChI=1S/C14H26O2/c1-4-9-13(16-12(3)15)14(5-2)10-7-6-8-11-14/h13H,4-11H2,1-3H3. The Kier molecular flexibility index (Phi) is 5.30. The van der Waals surface area contributed by atoms with E-state index < -0.39 is 0 Å². The fourth-order valence-electron chi connectivity index (χ4n) is 3.11. The SMILES string of the molecule is CCCC(OC(C)=O)C1(CC)CCCCC1. The molecule has 2 nitrogen and oxygen atoms in total. The summed E-state index contributed by atoms with van der Waals surface area (Å²) in [6.45, 7) is 5.95. The molecule has 1 aliphatic carbocycles. The Morgan fingerprint density at radius 1 is 1.25 bits per heavy atom. The summed E-state index contributed by atoms with van der Waals surface area (Å²) in [7, 11) is 0. The van der Waals surface area contributed by atoms with E-state index in [9.17, 15) is 4.79 Å². The van der Waals surface area contributed by atoms with Crippen LogP contribution in [0, 0.1) is 5.41 Å². The number of carbonyl (C=O) groups is 1. The number of rotatable bonds is 5. The molecule has 0 radical (unpaired) electrons. The van der Waals surface area contributed by atoms with Gasteiger partial charge in [-0.3, -0.25) is 4.79 Å². The molecule has 16 heavy (non-hydrogen) atoms. The van der Waals surface area contributed by atoms with Crippen molar-refractivity contribution in [2.45, 2.75) is 78.2 Å². The van der Waals surface area contributed by atoms with Gasteiger partial charge in [-0.15, -0.1) is 0 Å². The van der Waals surface area contributed by atoms with Crippen LogP contribution in [0.3, 0.4) is 0 Å². The van der Waals surface area contributed by atoms with E-state index in [0.29, 0.717) is 0 Å². The minimum absolute atomic E-state index is 0.114. The Labute approximate surface area is 99.8 Å². The van der Waals surface area contributed by atoms with E-state index in [1.807, 2.05) is 0 Å². The maximum Gasteiger partial charge on any atom is 0.302 e. The van der Waals surface area contributed by atoms with Crippen molar-refractivity contribution in [2.24, 2.45) is 5.41 Å². The zero-order chi connectivity index (χ0) is 12.0. The van der Waals surface area contributed by atoms with Crippen LogP contribution in [-0.2, 0) is 9.53 Å². The molecule has 1 saturated carbocycles. The molecule has 1 aliphatic rings. The third-order valence-electron chi connectivity index (χ3n) is 4.10. The molecule has 0 spiro atoms. The molecular weight excluding hydrogens is 200 g/mol. The van der Waals surface area contributed by atoms with Crippen molar-refractivity contribution in [3.63, 3.8) is 0 Å². The zero-order valence-corrected chi connectivity index (χ0v) is 11.1. The molecule has 1 rings (SSSR count). The van der Waals surface area contributed by atoms with Crippen LogP contribution in [0.5, 0.6) is 0 Å². The minimum Gasteiger partial charge on any atom is -0.462 e. The average Bonchev–Trinajstić information content (AvgIpc) is 2.29. The minimum atomic E-state index is -0.114. The van der Waals surface area contributed by atoms with Gasteiger partial charge in [-0.1, -0.05) is 39.5 Å². The first kappa shape index (κ1) is 13.5. The van der Waals surface area contributed by atoms with Crippen LogP contribution in [0.25, 0.3) is 0 Å². The monoisotopic (exact) mass is 226 g/mol. The van der Waals surface area contributed by atoms with Crippen molar-refractivity contribution < 1.29 is 9.53 Å². The molecule has 2 heteroatoms. The predicted octanol–water partition coefficient (Wildman–Crippen LogP) is 4.08. The number of esters is 1. The summed E-state index contributed by atoms with van der Waals surface area (Å²) in [5.74, 6) is -0.114. The third kappa shape index (κ3) is 3.23. The maximum atomic E-state index is 11.2. The van der Waals surface area contributed by atoms with E-state index in [2.05, 4.69) is 13.8 Å². The molecular formula is C14H26O2. The van der Waals surface area contributed by atoms with E-state index in [-0.39, 0.29) is 17.5 Å². The van der Waals surface area contributed by atoms with Gasteiger partial charge < -0.3 is 4.74 Å². The second-order valence-electron chi connectivity index (χ2n) is 5.16. The van der Waals surface area contributed by atoms with Gasteiger partial charge in [-0.2, -0.15) is 0 Å². The van der Waals surface area contributed by atoms with Crippen LogP contribution >= 0.6 is 0 Å². The highest BCUT2D eigenvalue weighted by atomic mass is 16.5. The summed E-state index contributed by atoms with van der Waals surface area (Å²) >= 11 is 0. The molecule has 0 amide bonds. The molecule has 0 bridgehead atoms. The molecule has 0 N–H and O–H groups in total. The summed E-state index contributed by atoms with van der Waals surface area (Å²) < 4.78 is 5.59. The summed E-state index contributed by atoms with van der Waals surface area (Å²) in [6.07, 6.45) is 9.84. The van der Waals surface area contributed by atoms with Gasteiger partial charge in [0.05, 0.1) is 0 Å². The smallest absolute Gasteiger partial charge is 0.302 e. The van der Waals surface area contributed by atoms with Gasteiger partial charge in [-0.25, -0.2) is 0 Å². The normalized spacial score (nSPS) is 21.4. The van der Waals surface area contributed by atoms with Crippen molar-refractivity contribution in [2.75, 3.05) is 0 Å². The lowest BCUT2D eigenvalue weighted by Crippen LogP contribution is -2.39. The van der Waals surface area contributed by atoms with Gasteiger partial charge in [0, 0.05) is 12.3 Å². The van der Waals surface area contributed by atoms with Crippen molar-refractivity contribution in [3.8, 4) is 0 Å². The van der Waals surface area contributed by atoms with Crippen molar-refractivity contribution >= 4 is 5.97 Å². The van der Waals surface area contributed by atoms with Gasteiger partial charge in [0.15, 0.2) is 0 Å². The van der Waals surface area contributed by atoms with Crippen LogP contribution in [0.4, 0.5) is 0 Å². The molecule has 0 aromatic carbocycles. The van der Waals surface area contributed by atoms with E-state index in [1.165, 1.54) is 39.0 Å². The van der Waals surface area contributed by atoms with Crippen molar-refractivity contribution in [1.82, 2.24) is 0 Å². The van der Waals surface area contributed by atoms with Gasteiger partial charge in [0.2, 0.25) is 0 Å². The number of ether oxygens (including phenoxy) is 1. The number of hydrogen-bond acceptors (Lipinski definition) is 2. The quantitative estimate of drug-likeness (QED) is 0.660. The Morgan fingerprint density at radius 2 is 1.88 bits per heavy atom. The zero-order valence-electron chi connectivity index (χ0n) is 11.1. The van der Waals surface area contributed by atoms with E-state index in [1.54, 1.807) is 0 Å². The first-order chi connectivity index (χ1) is 7.64. The fourth-order valence-corrected chi connectivity index (χ4v) is 3.11. The number of hydrogen-bond donors (Lipinski definition) is 0. The topological polar surface area (TPSA) is 26.3 Å². The molecule has 0 aromatic heterocycles. The molecule has 1 atom stereocenters. The Bertz CT molecular complexity index is 217. The summed E-state index contributed by atoms with van der Waals surface area (Å²) in [4.78, 5) is 11.2. The first-order valence-corrected chi connectivity index (χ1v) is 6.82. The lowest BCUT2D eigenvalue weighted by Gasteiger charge is -2.42. The Morgan fingerprint density at radius 3 is 2.31 bits per heavy atom. The van der Waals surface area contributed by atoms with E-state index >= 15 is 0 Å². The van der Waals surface area contributed by atoms with Gasteiger partial charge >= 0.3 is 5.97 Å². The third-order valence-corrected chi connectivity index (χ3v) is 4.10. The number of carbonyl (C=O) groups excluding carboxylic acids is 1. The fraction of sp³-hybridized carbons (Fsp3) is 0.929. The highest BCUT2D eigenvalue weighted by molar-refractivity contribution is 5.66. The Balaban J connectivity index is 2.73. The molecule has 0 aromatic rings. The predicted molar refractivity (Wildman–Crippen MR) is 66.3 cm³/mol. The highest BCUT2D eigenvalue weighted by Crippen LogP contribution is 2.44. The van der Waals surface area contributed by atoms with Crippen LogP contribution in [-0.4, -0.2) is 12.1 Å². The van der Waals surface area contributed by atoms with Crippen LogP contribution < -0.4 is 0 Å². The molecule has 94 valence electrons. The summed E-state index contributed by atoms with van der Waals surface area (Å²) in [5, 5.41) is 0. The summed E-state index contributed by atoms with van der Waals surface area (Å²) in [5.41, 5.74) is 0.278. The largest absolute Gasteiger partial charge is 0.462 e. The van der Waals surface area contributed by atoms with E-state index in [4.69, 9.17) is 4.74 Å². The van der Waals surface area contributed by atoms with Crippen LogP contribution in [0.1, 0.15) is 72.1 Å². The van der Waals surface area contributed by atoms with Gasteiger partial charge in [0.25, 0.3) is 0 Å². The lowest BCUT2D eigenvalue weighted by molar-refractivity contribution is -0.156. The van der Waals surface area contributed by atoms with Crippen LogP contribution in [0.15, 0.2) is 0 Å². The molecule has 0 saturated heterocycles. The van der Waals surface area contributed by atoms with Crippen molar-refractivity contribution in [1.29, 1.82) is 0 Å². The highest BCUT2D eigenvalue weighted by Gasteiger charge is 2.39. The molecule has 0 heterocycles. The molecule has 1 unspecified atom stereocenters. The van der Waals surface area contributed by atoms with E-state index in [0.717, 1.165) is 19.3 Å². The molecule has 1 fully saturated rings. The summed E-state index contributed by atoms with van der Waals surface area (Å²) in [6, 6.07) is 0. The first-order valence-electron chi connectivity index (χ1n) is 6.82. The van der Waals surface area contributed by atoms with Gasteiger partial charge in [-0.05, 0) is 25.7 Å².